The zero-order chi connectivity index (χ0) is 13.2. The van der Waals surface area contributed by atoms with Crippen molar-refractivity contribution in [1.29, 1.82) is 0 Å². The molecule has 1 atom stereocenters. The number of aryl methyl sites for hydroxylation is 1. The molecule has 3 nitrogen and oxygen atoms in total. The van der Waals surface area contributed by atoms with E-state index in [2.05, 4.69) is 23.5 Å². The second-order valence-electron chi connectivity index (χ2n) is 4.93. The Bertz CT molecular complexity index is 595. The van der Waals surface area contributed by atoms with Gasteiger partial charge in [0, 0.05) is 17.4 Å². The Morgan fingerprint density at radius 2 is 2.11 bits per heavy atom. The number of benzene rings is 2. The third-order valence-corrected chi connectivity index (χ3v) is 3.66. The molecule has 0 saturated heterocycles. The molecule has 98 valence electrons. The van der Waals surface area contributed by atoms with E-state index in [1.165, 1.54) is 11.1 Å². The standard InChI is InChI=1S/C16H18N2O/c1-19-14-4-2-3-13(10-14)18-16-8-5-11-9-12(17)6-7-15(11)16/h2-4,6-7,9-10,16,18H,5,8,17H2,1H3. The number of ether oxygens (including phenoxy) is 1. The first-order valence-electron chi connectivity index (χ1n) is 6.55. The lowest BCUT2D eigenvalue weighted by Crippen LogP contribution is -2.07. The molecule has 0 bridgehead atoms. The number of rotatable bonds is 3. The second-order valence-corrected chi connectivity index (χ2v) is 4.93. The van der Waals surface area contributed by atoms with Crippen molar-refractivity contribution >= 4 is 11.4 Å². The largest absolute Gasteiger partial charge is 0.497 e. The van der Waals surface area contributed by atoms with Crippen LogP contribution in [0.4, 0.5) is 11.4 Å². The summed E-state index contributed by atoms with van der Waals surface area (Å²) in [6.07, 6.45) is 2.19. The van der Waals surface area contributed by atoms with Crippen molar-refractivity contribution in [3.05, 3.63) is 53.6 Å². The van der Waals surface area contributed by atoms with Gasteiger partial charge in [0.15, 0.2) is 0 Å². The van der Waals surface area contributed by atoms with Crippen LogP contribution in [-0.2, 0) is 6.42 Å². The molecular formula is C16H18N2O. The van der Waals surface area contributed by atoms with Gasteiger partial charge in [-0.25, -0.2) is 0 Å². The highest BCUT2D eigenvalue weighted by Crippen LogP contribution is 2.35. The van der Waals surface area contributed by atoms with Crippen molar-refractivity contribution in [1.82, 2.24) is 0 Å². The van der Waals surface area contributed by atoms with Crippen molar-refractivity contribution in [2.45, 2.75) is 18.9 Å². The average molecular weight is 254 g/mol. The van der Waals surface area contributed by atoms with E-state index in [0.717, 1.165) is 30.0 Å². The van der Waals surface area contributed by atoms with Crippen molar-refractivity contribution < 1.29 is 4.74 Å². The summed E-state index contributed by atoms with van der Waals surface area (Å²) in [6.45, 7) is 0. The second kappa shape index (κ2) is 4.84. The molecule has 1 unspecified atom stereocenters. The number of hydrogen-bond donors (Lipinski definition) is 2. The molecule has 0 aromatic heterocycles. The number of hydrogen-bond acceptors (Lipinski definition) is 3. The molecule has 3 heteroatoms. The monoisotopic (exact) mass is 254 g/mol. The fraction of sp³-hybridized carbons (Fsp3) is 0.250. The number of nitrogens with one attached hydrogen (secondary N) is 1. The Balaban J connectivity index is 1.82. The summed E-state index contributed by atoms with van der Waals surface area (Å²) in [5, 5.41) is 3.57. The predicted molar refractivity (Wildman–Crippen MR) is 78.5 cm³/mol. The van der Waals surface area contributed by atoms with Gasteiger partial charge in [-0.05, 0) is 48.2 Å². The highest BCUT2D eigenvalue weighted by molar-refractivity contribution is 5.54. The van der Waals surface area contributed by atoms with E-state index in [4.69, 9.17) is 10.5 Å². The average Bonchev–Trinajstić information content (AvgIpc) is 2.81. The summed E-state index contributed by atoms with van der Waals surface area (Å²) in [6, 6.07) is 14.6. The normalized spacial score (nSPS) is 17.0. The highest BCUT2D eigenvalue weighted by atomic mass is 16.5. The Hall–Kier alpha value is -2.16. The molecule has 3 N–H and O–H groups in total. The van der Waals surface area contributed by atoms with Crippen LogP contribution in [0.15, 0.2) is 42.5 Å². The zero-order valence-corrected chi connectivity index (χ0v) is 11.0. The van der Waals surface area contributed by atoms with E-state index in [0.29, 0.717) is 6.04 Å². The quantitative estimate of drug-likeness (QED) is 0.825. The molecule has 0 aliphatic heterocycles. The zero-order valence-electron chi connectivity index (χ0n) is 11.0. The van der Waals surface area contributed by atoms with E-state index in [-0.39, 0.29) is 0 Å². The van der Waals surface area contributed by atoms with Gasteiger partial charge in [-0.15, -0.1) is 0 Å². The molecule has 2 aromatic carbocycles. The smallest absolute Gasteiger partial charge is 0.120 e. The summed E-state index contributed by atoms with van der Waals surface area (Å²) in [4.78, 5) is 0. The van der Waals surface area contributed by atoms with Gasteiger partial charge in [0.2, 0.25) is 0 Å². The van der Waals surface area contributed by atoms with Crippen LogP contribution >= 0.6 is 0 Å². The number of nitrogens with two attached hydrogens (primary N) is 1. The van der Waals surface area contributed by atoms with Crippen molar-refractivity contribution in [2.75, 3.05) is 18.2 Å². The summed E-state index contributed by atoms with van der Waals surface area (Å²) in [5.74, 6) is 0.875. The molecule has 19 heavy (non-hydrogen) atoms. The van der Waals surface area contributed by atoms with Crippen molar-refractivity contribution in [3.8, 4) is 5.75 Å². The maximum Gasteiger partial charge on any atom is 0.120 e. The van der Waals surface area contributed by atoms with Gasteiger partial charge in [0.05, 0.1) is 13.2 Å². The van der Waals surface area contributed by atoms with Gasteiger partial charge in [-0.1, -0.05) is 12.1 Å². The first-order chi connectivity index (χ1) is 9.26. The van der Waals surface area contributed by atoms with Gasteiger partial charge < -0.3 is 15.8 Å². The van der Waals surface area contributed by atoms with Crippen molar-refractivity contribution in [3.63, 3.8) is 0 Å². The molecule has 0 spiro atoms. The molecular weight excluding hydrogens is 236 g/mol. The summed E-state index contributed by atoms with van der Waals surface area (Å²) < 4.78 is 5.25. The Morgan fingerprint density at radius 1 is 1.21 bits per heavy atom. The van der Waals surface area contributed by atoms with Crippen LogP contribution in [0.25, 0.3) is 0 Å². The minimum absolute atomic E-state index is 0.364. The molecule has 0 heterocycles. The predicted octanol–water partition coefficient (Wildman–Crippen LogP) is 3.38. The van der Waals surface area contributed by atoms with Crippen LogP contribution in [0.1, 0.15) is 23.6 Å². The number of nitrogen functional groups attached to an aromatic ring is 1. The minimum atomic E-state index is 0.364. The molecule has 0 saturated carbocycles. The summed E-state index contributed by atoms with van der Waals surface area (Å²) in [5.41, 5.74) is 10.5. The van der Waals surface area contributed by atoms with Crippen LogP contribution in [0.2, 0.25) is 0 Å². The van der Waals surface area contributed by atoms with E-state index in [1.807, 2.05) is 24.3 Å². The van der Waals surface area contributed by atoms with Crippen LogP contribution in [0.3, 0.4) is 0 Å². The van der Waals surface area contributed by atoms with Gasteiger partial charge in [-0.2, -0.15) is 0 Å². The lowest BCUT2D eigenvalue weighted by molar-refractivity contribution is 0.415. The van der Waals surface area contributed by atoms with Crippen molar-refractivity contribution in [2.24, 2.45) is 0 Å². The third-order valence-electron chi connectivity index (χ3n) is 3.66. The molecule has 1 aliphatic rings. The third kappa shape index (κ3) is 2.36. The van der Waals surface area contributed by atoms with Crippen LogP contribution in [-0.4, -0.2) is 7.11 Å². The fourth-order valence-corrected chi connectivity index (χ4v) is 2.70. The Labute approximate surface area is 113 Å². The van der Waals surface area contributed by atoms with Crippen LogP contribution in [0.5, 0.6) is 5.75 Å². The molecule has 3 rings (SSSR count). The molecule has 0 fully saturated rings. The molecule has 0 radical (unpaired) electrons. The lowest BCUT2D eigenvalue weighted by Gasteiger charge is -2.16. The van der Waals surface area contributed by atoms with Crippen LogP contribution < -0.4 is 15.8 Å². The first kappa shape index (κ1) is 11.9. The Morgan fingerprint density at radius 3 is 2.95 bits per heavy atom. The fourth-order valence-electron chi connectivity index (χ4n) is 2.70. The summed E-state index contributed by atoms with van der Waals surface area (Å²) in [7, 11) is 1.69. The maximum atomic E-state index is 5.83. The van der Waals surface area contributed by atoms with E-state index in [1.54, 1.807) is 7.11 Å². The number of anilines is 2. The SMILES string of the molecule is COc1cccc(NC2CCc3cc(N)ccc32)c1. The minimum Gasteiger partial charge on any atom is -0.497 e. The van der Waals surface area contributed by atoms with E-state index in [9.17, 15) is 0 Å². The molecule has 2 aromatic rings. The lowest BCUT2D eigenvalue weighted by atomic mass is 10.1. The summed E-state index contributed by atoms with van der Waals surface area (Å²) >= 11 is 0. The molecule has 1 aliphatic carbocycles. The highest BCUT2D eigenvalue weighted by Gasteiger charge is 2.22. The van der Waals surface area contributed by atoms with Crippen LogP contribution in [0, 0.1) is 0 Å². The maximum absolute atomic E-state index is 5.83. The van der Waals surface area contributed by atoms with E-state index >= 15 is 0 Å². The van der Waals surface area contributed by atoms with Gasteiger partial charge in [-0.3, -0.25) is 0 Å². The topological polar surface area (TPSA) is 47.3 Å². The number of methoxy groups -OCH3 is 1. The number of fused-ring (bicyclic) bond motifs is 1. The Kier molecular flexibility index (Phi) is 3.03. The van der Waals surface area contributed by atoms with Gasteiger partial charge >= 0.3 is 0 Å². The molecule has 0 amide bonds. The first-order valence-corrected chi connectivity index (χ1v) is 6.55. The van der Waals surface area contributed by atoms with Gasteiger partial charge in [0.1, 0.15) is 5.75 Å². The van der Waals surface area contributed by atoms with E-state index < -0.39 is 0 Å². The van der Waals surface area contributed by atoms with Gasteiger partial charge in [0.25, 0.3) is 0 Å².